The van der Waals surface area contributed by atoms with Crippen molar-refractivity contribution in [2.24, 2.45) is 0 Å². The highest BCUT2D eigenvalue weighted by molar-refractivity contribution is 7.09. The molecule has 2 rings (SSSR count). The lowest BCUT2D eigenvalue weighted by Crippen LogP contribution is -2.07. The van der Waals surface area contributed by atoms with Gasteiger partial charge >= 0.3 is 0 Å². The molecule has 1 N–H and O–H groups in total. The van der Waals surface area contributed by atoms with Crippen LogP contribution in [0.4, 0.5) is 5.82 Å². The Morgan fingerprint density at radius 2 is 2.28 bits per heavy atom. The first-order valence-corrected chi connectivity index (χ1v) is 6.67. The van der Waals surface area contributed by atoms with Crippen LogP contribution in [-0.4, -0.2) is 28.6 Å². The maximum atomic E-state index is 5.09. The lowest BCUT2D eigenvalue weighted by molar-refractivity contribution is 0.177. The second-order valence-corrected chi connectivity index (χ2v) is 4.71. The molecule has 0 aliphatic rings. The van der Waals surface area contributed by atoms with E-state index in [2.05, 4.69) is 20.3 Å². The standard InChI is InChI=1S/C12H16N4OS/c1-3-13-10-6-9(7-12-14-4-5-18-12)15-11(16-10)8-17-2/h4-6H,3,7-8H2,1-2H3,(H,13,15,16). The number of anilines is 1. The van der Waals surface area contributed by atoms with Crippen molar-refractivity contribution in [1.29, 1.82) is 0 Å². The number of ether oxygens (including phenoxy) is 1. The van der Waals surface area contributed by atoms with E-state index in [0.29, 0.717) is 12.4 Å². The van der Waals surface area contributed by atoms with Gasteiger partial charge in [0.05, 0.1) is 10.7 Å². The van der Waals surface area contributed by atoms with Crippen LogP contribution in [0.25, 0.3) is 0 Å². The summed E-state index contributed by atoms with van der Waals surface area (Å²) in [5, 5.41) is 6.23. The minimum Gasteiger partial charge on any atom is -0.377 e. The summed E-state index contributed by atoms with van der Waals surface area (Å²) in [6, 6.07) is 1.96. The third kappa shape index (κ3) is 3.48. The van der Waals surface area contributed by atoms with E-state index in [-0.39, 0.29) is 0 Å². The summed E-state index contributed by atoms with van der Waals surface area (Å²) in [6.45, 7) is 3.29. The Labute approximate surface area is 110 Å². The van der Waals surface area contributed by atoms with Crippen molar-refractivity contribution in [2.45, 2.75) is 20.0 Å². The highest BCUT2D eigenvalue weighted by atomic mass is 32.1. The van der Waals surface area contributed by atoms with Crippen LogP contribution in [0.15, 0.2) is 17.6 Å². The number of methoxy groups -OCH3 is 1. The fraction of sp³-hybridized carbons (Fsp3) is 0.417. The van der Waals surface area contributed by atoms with Crippen molar-refractivity contribution in [3.63, 3.8) is 0 Å². The van der Waals surface area contributed by atoms with E-state index in [1.165, 1.54) is 0 Å². The molecule has 0 unspecified atom stereocenters. The average Bonchev–Trinajstić information content (AvgIpc) is 2.82. The van der Waals surface area contributed by atoms with Crippen LogP contribution >= 0.6 is 11.3 Å². The van der Waals surface area contributed by atoms with Gasteiger partial charge in [0.25, 0.3) is 0 Å². The molecule has 2 heterocycles. The second-order valence-electron chi connectivity index (χ2n) is 3.73. The van der Waals surface area contributed by atoms with Crippen LogP contribution in [0.3, 0.4) is 0 Å². The summed E-state index contributed by atoms with van der Waals surface area (Å²) in [5.41, 5.74) is 0.961. The van der Waals surface area contributed by atoms with Gasteiger partial charge in [-0.05, 0) is 6.92 Å². The van der Waals surface area contributed by atoms with Gasteiger partial charge in [-0.1, -0.05) is 0 Å². The summed E-state index contributed by atoms with van der Waals surface area (Å²) in [7, 11) is 1.64. The van der Waals surface area contributed by atoms with Gasteiger partial charge < -0.3 is 10.1 Å². The van der Waals surface area contributed by atoms with E-state index in [4.69, 9.17) is 4.74 Å². The normalized spacial score (nSPS) is 10.6. The predicted molar refractivity (Wildman–Crippen MR) is 71.8 cm³/mol. The molecule has 6 heteroatoms. The molecule has 0 spiro atoms. The Kier molecular flexibility index (Phi) is 4.60. The number of thiazole rings is 1. The van der Waals surface area contributed by atoms with E-state index in [1.54, 1.807) is 18.4 Å². The molecular formula is C12H16N4OS. The molecule has 18 heavy (non-hydrogen) atoms. The summed E-state index contributed by atoms with van der Waals surface area (Å²) in [4.78, 5) is 13.1. The zero-order valence-electron chi connectivity index (χ0n) is 10.5. The maximum absolute atomic E-state index is 5.09. The van der Waals surface area contributed by atoms with Crippen molar-refractivity contribution < 1.29 is 4.74 Å². The van der Waals surface area contributed by atoms with Crippen LogP contribution < -0.4 is 5.32 Å². The van der Waals surface area contributed by atoms with Crippen molar-refractivity contribution >= 4 is 17.2 Å². The molecule has 0 fully saturated rings. The first kappa shape index (κ1) is 12.9. The van der Waals surface area contributed by atoms with Crippen molar-refractivity contribution in [3.8, 4) is 0 Å². The molecule has 0 aliphatic heterocycles. The van der Waals surface area contributed by atoms with E-state index >= 15 is 0 Å². The van der Waals surface area contributed by atoms with Gasteiger partial charge in [-0.15, -0.1) is 11.3 Å². The molecule has 0 bridgehead atoms. The molecule has 0 amide bonds. The van der Waals surface area contributed by atoms with Gasteiger partial charge in [0.2, 0.25) is 0 Å². The quantitative estimate of drug-likeness (QED) is 0.865. The van der Waals surface area contributed by atoms with Crippen LogP contribution in [-0.2, 0) is 17.8 Å². The largest absolute Gasteiger partial charge is 0.377 e. The second kappa shape index (κ2) is 6.42. The third-order valence-electron chi connectivity index (χ3n) is 2.27. The summed E-state index contributed by atoms with van der Waals surface area (Å²) in [6.07, 6.45) is 2.54. The number of hydrogen-bond acceptors (Lipinski definition) is 6. The Hall–Kier alpha value is -1.53. The lowest BCUT2D eigenvalue weighted by atomic mass is 10.3. The molecule has 0 aliphatic carbocycles. The molecular weight excluding hydrogens is 248 g/mol. The average molecular weight is 264 g/mol. The fourth-order valence-electron chi connectivity index (χ4n) is 1.60. The number of rotatable bonds is 6. The molecule has 2 aromatic heterocycles. The zero-order chi connectivity index (χ0) is 12.8. The minimum atomic E-state index is 0.421. The predicted octanol–water partition coefficient (Wildman–Crippen LogP) is 2.10. The zero-order valence-corrected chi connectivity index (χ0v) is 11.3. The Morgan fingerprint density at radius 3 is 2.94 bits per heavy atom. The van der Waals surface area contributed by atoms with Gasteiger partial charge in [-0.2, -0.15) is 0 Å². The Balaban J connectivity index is 2.21. The van der Waals surface area contributed by atoms with Crippen molar-refractivity contribution in [2.75, 3.05) is 19.0 Å². The monoisotopic (exact) mass is 264 g/mol. The minimum absolute atomic E-state index is 0.421. The first-order valence-electron chi connectivity index (χ1n) is 5.79. The number of nitrogens with one attached hydrogen (secondary N) is 1. The lowest BCUT2D eigenvalue weighted by Gasteiger charge is -2.07. The third-order valence-corrected chi connectivity index (χ3v) is 3.05. The molecule has 0 saturated carbocycles. The number of aromatic nitrogens is 3. The summed E-state index contributed by atoms with van der Waals surface area (Å²) in [5.74, 6) is 1.54. The van der Waals surface area contributed by atoms with Crippen LogP contribution in [0, 0.1) is 0 Å². The highest BCUT2D eigenvalue weighted by Gasteiger charge is 2.06. The van der Waals surface area contributed by atoms with E-state index in [9.17, 15) is 0 Å². The van der Waals surface area contributed by atoms with Crippen LogP contribution in [0.1, 0.15) is 23.4 Å². The first-order chi connectivity index (χ1) is 8.81. The number of hydrogen-bond donors (Lipinski definition) is 1. The van der Waals surface area contributed by atoms with Crippen molar-refractivity contribution in [3.05, 3.63) is 34.2 Å². The van der Waals surface area contributed by atoms with Gasteiger partial charge in [0, 0.05) is 37.7 Å². The summed E-state index contributed by atoms with van der Waals surface area (Å²) < 4.78 is 5.09. The topological polar surface area (TPSA) is 59.9 Å². The van der Waals surface area contributed by atoms with E-state index in [1.807, 2.05) is 24.6 Å². The van der Waals surface area contributed by atoms with Gasteiger partial charge in [-0.3, -0.25) is 0 Å². The molecule has 0 aromatic carbocycles. The molecule has 0 atom stereocenters. The van der Waals surface area contributed by atoms with E-state index in [0.717, 1.165) is 29.5 Å². The van der Waals surface area contributed by atoms with Crippen LogP contribution in [0.2, 0.25) is 0 Å². The molecule has 0 radical (unpaired) electrons. The van der Waals surface area contributed by atoms with Crippen molar-refractivity contribution in [1.82, 2.24) is 15.0 Å². The molecule has 96 valence electrons. The molecule has 2 aromatic rings. The molecule has 5 nitrogen and oxygen atoms in total. The fourth-order valence-corrected chi connectivity index (χ4v) is 2.24. The Morgan fingerprint density at radius 1 is 1.39 bits per heavy atom. The van der Waals surface area contributed by atoms with Gasteiger partial charge in [0.15, 0.2) is 5.82 Å². The molecule has 0 saturated heterocycles. The van der Waals surface area contributed by atoms with Gasteiger partial charge in [-0.25, -0.2) is 15.0 Å². The van der Waals surface area contributed by atoms with Gasteiger partial charge in [0.1, 0.15) is 12.4 Å². The Bertz CT molecular complexity index is 463. The highest BCUT2D eigenvalue weighted by Crippen LogP contribution is 2.14. The van der Waals surface area contributed by atoms with E-state index < -0.39 is 0 Å². The SMILES string of the molecule is CCNc1cc(Cc2nccs2)nc(COC)n1. The maximum Gasteiger partial charge on any atom is 0.156 e. The van der Waals surface area contributed by atoms with Crippen LogP contribution in [0.5, 0.6) is 0 Å². The summed E-state index contributed by atoms with van der Waals surface area (Å²) >= 11 is 1.63. The smallest absolute Gasteiger partial charge is 0.156 e. The number of nitrogens with zero attached hydrogens (tertiary/aromatic N) is 3.